The summed E-state index contributed by atoms with van der Waals surface area (Å²) in [4.78, 5) is 17.4. The molecule has 148 valence electrons. The first-order valence-electron chi connectivity index (χ1n) is 10.2. The number of hydrogen-bond donors (Lipinski definition) is 1. The van der Waals surface area contributed by atoms with E-state index in [1.165, 1.54) is 5.56 Å². The van der Waals surface area contributed by atoms with Crippen LogP contribution in [0.15, 0.2) is 48.8 Å². The third kappa shape index (κ3) is 4.42. The lowest BCUT2D eigenvalue weighted by Gasteiger charge is -2.36. The maximum Gasteiger partial charge on any atom is 0.226 e. The zero-order valence-electron chi connectivity index (χ0n) is 16.2. The van der Waals surface area contributed by atoms with Gasteiger partial charge in [0.25, 0.3) is 0 Å². The van der Waals surface area contributed by atoms with E-state index in [2.05, 4.69) is 40.6 Å². The highest BCUT2D eigenvalue weighted by Gasteiger charge is 2.40. The van der Waals surface area contributed by atoms with Gasteiger partial charge in [0.05, 0.1) is 11.5 Å². The average molecular weight is 380 g/mol. The van der Waals surface area contributed by atoms with Gasteiger partial charge in [-0.1, -0.05) is 30.3 Å². The molecule has 1 N–H and O–H groups in total. The van der Waals surface area contributed by atoms with Gasteiger partial charge in [0.2, 0.25) is 5.91 Å². The first-order valence-corrected chi connectivity index (χ1v) is 10.2. The second-order valence-electron chi connectivity index (χ2n) is 7.86. The molecule has 2 saturated heterocycles. The predicted molar refractivity (Wildman–Crippen MR) is 108 cm³/mol. The summed E-state index contributed by atoms with van der Waals surface area (Å²) in [5.74, 6) is 0.137. The Kier molecular flexibility index (Phi) is 6.03. The molecule has 1 aromatic heterocycles. The van der Waals surface area contributed by atoms with Crippen molar-refractivity contribution in [3.63, 3.8) is 0 Å². The smallest absolute Gasteiger partial charge is 0.226 e. The third-order valence-electron chi connectivity index (χ3n) is 5.91. The molecule has 3 heterocycles. The summed E-state index contributed by atoms with van der Waals surface area (Å²) < 4.78 is 11.2. The number of aromatic nitrogens is 1. The normalized spacial score (nSPS) is 21.4. The number of hydrogen-bond acceptors (Lipinski definition) is 4. The Morgan fingerprint density at radius 3 is 2.75 bits per heavy atom. The van der Waals surface area contributed by atoms with Crippen LogP contribution in [0, 0.1) is 5.41 Å². The minimum atomic E-state index is -0.412. The van der Waals surface area contributed by atoms with Gasteiger partial charge in [-0.2, -0.15) is 0 Å². The number of nitrogens with zero attached hydrogens (tertiary/aromatic N) is 1. The van der Waals surface area contributed by atoms with Crippen molar-refractivity contribution >= 4 is 5.91 Å². The van der Waals surface area contributed by atoms with Gasteiger partial charge in [-0.3, -0.25) is 9.78 Å². The van der Waals surface area contributed by atoms with Crippen LogP contribution in [0.4, 0.5) is 0 Å². The van der Waals surface area contributed by atoms with E-state index >= 15 is 0 Å². The molecular weight excluding hydrogens is 352 g/mol. The number of rotatable bonds is 6. The Labute approximate surface area is 166 Å². The lowest BCUT2D eigenvalue weighted by molar-refractivity contribution is -0.137. The minimum absolute atomic E-state index is 0.137. The Bertz CT molecular complexity index is 781. The monoisotopic (exact) mass is 380 g/mol. The van der Waals surface area contributed by atoms with Crippen molar-refractivity contribution in [2.75, 3.05) is 26.4 Å². The Morgan fingerprint density at radius 2 is 2.00 bits per heavy atom. The van der Waals surface area contributed by atoms with E-state index in [1.807, 2.05) is 12.3 Å². The van der Waals surface area contributed by atoms with Crippen molar-refractivity contribution < 1.29 is 14.3 Å². The number of benzene rings is 1. The Balaban J connectivity index is 1.50. The third-order valence-corrected chi connectivity index (χ3v) is 5.91. The van der Waals surface area contributed by atoms with Crippen molar-refractivity contribution in [1.29, 1.82) is 0 Å². The molecule has 2 fully saturated rings. The van der Waals surface area contributed by atoms with Gasteiger partial charge in [0, 0.05) is 38.8 Å². The molecule has 1 aromatic carbocycles. The fraction of sp³-hybridized carbons (Fsp3) is 0.478. The standard InChI is InChI=1S/C23H28N2O3/c26-22(25-17-21-7-3-11-28-21)23(8-12-27-13-9-23)15-18-4-1-5-19(14-18)20-6-2-10-24-16-20/h1-2,4-6,10,14,16,21H,3,7-9,11-13,15,17H2,(H,25,26). The number of pyridine rings is 1. The van der Waals surface area contributed by atoms with Crippen LogP contribution in [0.25, 0.3) is 11.1 Å². The number of carbonyl (C=O) groups is 1. The second-order valence-corrected chi connectivity index (χ2v) is 7.86. The molecule has 2 aliphatic rings. The topological polar surface area (TPSA) is 60.5 Å². The molecule has 0 bridgehead atoms. The molecule has 0 saturated carbocycles. The van der Waals surface area contributed by atoms with Gasteiger partial charge in [-0.05, 0) is 54.9 Å². The van der Waals surface area contributed by atoms with Gasteiger partial charge in [0.1, 0.15) is 0 Å². The first-order chi connectivity index (χ1) is 13.8. The molecule has 0 aliphatic carbocycles. The minimum Gasteiger partial charge on any atom is -0.381 e. The summed E-state index contributed by atoms with van der Waals surface area (Å²) in [6.45, 7) is 2.68. The summed E-state index contributed by atoms with van der Waals surface area (Å²) in [6, 6.07) is 12.5. The molecule has 4 rings (SSSR count). The fourth-order valence-corrected chi connectivity index (χ4v) is 4.23. The summed E-state index contributed by atoms with van der Waals surface area (Å²) in [5, 5.41) is 3.17. The Morgan fingerprint density at radius 1 is 1.14 bits per heavy atom. The maximum atomic E-state index is 13.2. The van der Waals surface area contributed by atoms with E-state index in [1.54, 1.807) is 6.20 Å². The molecule has 1 unspecified atom stereocenters. The van der Waals surface area contributed by atoms with Gasteiger partial charge in [-0.15, -0.1) is 0 Å². The zero-order valence-corrected chi connectivity index (χ0v) is 16.2. The highest BCUT2D eigenvalue weighted by molar-refractivity contribution is 5.83. The molecule has 2 aliphatic heterocycles. The largest absolute Gasteiger partial charge is 0.381 e. The highest BCUT2D eigenvalue weighted by atomic mass is 16.5. The van der Waals surface area contributed by atoms with Gasteiger partial charge >= 0.3 is 0 Å². The van der Waals surface area contributed by atoms with E-state index in [0.717, 1.165) is 49.8 Å². The molecule has 0 spiro atoms. The van der Waals surface area contributed by atoms with E-state index in [9.17, 15) is 4.79 Å². The highest BCUT2D eigenvalue weighted by Crippen LogP contribution is 2.35. The molecule has 2 aromatic rings. The molecule has 0 radical (unpaired) electrons. The number of nitrogens with one attached hydrogen (secondary N) is 1. The van der Waals surface area contributed by atoms with E-state index < -0.39 is 5.41 Å². The SMILES string of the molecule is O=C(NCC1CCCO1)C1(Cc2cccc(-c3cccnc3)c2)CCOCC1. The van der Waals surface area contributed by atoms with Crippen LogP contribution in [-0.2, 0) is 20.7 Å². The van der Waals surface area contributed by atoms with Crippen molar-refractivity contribution in [3.05, 3.63) is 54.4 Å². The number of amides is 1. The van der Waals surface area contributed by atoms with Crippen LogP contribution in [0.1, 0.15) is 31.2 Å². The molecule has 1 amide bonds. The maximum absolute atomic E-state index is 13.2. The summed E-state index contributed by atoms with van der Waals surface area (Å²) in [5.41, 5.74) is 2.99. The second kappa shape index (κ2) is 8.84. The van der Waals surface area contributed by atoms with Crippen LogP contribution < -0.4 is 5.32 Å². The van der Waals surface area contributed by atoms with Crippen LogP contribution in [0.3, 0.4) is 0 Å². The van der Waals surface area contributed by atoms with E-state index in [0.29, 0.717) is 19.8 Å². The molecule has 5 heteroatoms. The zero-order chi connectivity index (χ0) is 19.2. The number of ether oxygens (including phenoxy) is 2. The molecule has 5 nitrogen and oxygen atoms in total. The lowest BCUT2D eigenvalue weighted by Crippen LogP contribution is -2.47. The fourth-order valence-electron chi connectivity index (χ4n) is 4.23. The summed E-state index contributed by atoms with van der Waals surface area (Å²) in [6.07, 6.45) is 8.16. The van der Waals surface area contributed by atoms with Crippen molar-refractivity contribution in [2.24, 2.45) is 5.41 Å². The lowest BCUT2D eigenvalue weighted by atomic mass is 9.74. The van der Waals surface area contributed by atoms with E-state index in [4.69, 9.17) is 9.47 Å². The first kappa shape index (κ1) is 19.1. The van der Waals surface area contributed by atoms with Crippen LogP contribution >= 0.6 is 0 Å². The number of carbonyl (C=O) groups excluding carboxylic acids is 1. The van der Waals surface area contributed by atoms with Gasteiger partial charge < -0.3 is 14.8 Å². The molecule has 1 atom stereocenters. The Hall–Kier alpha value is -2.24. The van der Waals surface area contributed by atoms with Gasteiger partial charge in [-0.25, -0.2) is 0 Å². The van der Waals surface area contributed by atoms with Crippen LogP contribution in [-0.4, -0.2) is 43.4 Å². The van der Waals surface area contributed by atoms with Crippen molar-refractivity contribution in [2.45, 2.75) is 38.2 Å². The average Bonchev–Trinajstić information content (AvgIpc) is 3.27. The van der Waals surface area contributed by atoms with Crippen LogP contribution in [0.2, 0.25) is 0 Å². The van der Waals surface area contributed by atoms with Crippen molar-refractivity contribution in [1.82, 2.24) is 10.3 Å². The summed E-state index contributed by atoms with van der Waals surface area (Å²) >= 11 is 0. The molecular formula is C23H28N2O3. The molecule has 28 heavy (non-hydrogen) atoms. The van der Waals surface area contributed by atoms with Crippen molar-refractivity contribution in [3.8, 4) is 11.1 Å². The van der Waals surface area contributed by atoms with E-state index in [-0.39, 0.29) is 12.0 Å². The predicted octanol–water partition coefficient (Wildman–Crippen LogP) is 3.38. The van der Waals surface area contributed by atoms with Gasteiger partial charge in [0.15, 0.2) is 0 Å². The summed E-state index contributed by atoms with van der Waals surface area (Å²) in [7, 11) is 0. The quantitative estimate of drug-likeness (QED) is 0.835. The van der Waals surface area contributed by atoms with Crippen LogP contribution in [0.5, 0.6) is 0 Å².